The molecular weight excluding hydrogens is 206 g/mol. The van der Waals surface area contributed by atoms with Gasteiger partial charge in [0.15, 0.2) is 0 Å². The highest BCUT2D eigenvalue weighted by molar-refractivity contribution is 7.16. The molecule has 0 aromatic carbocycles. The maximum atomic E-state index is 5.96. The van der Waals surface area contributed by atoms with Gasteiger partial charge in [-0.15, -0.1) is 11.3 Å². The summed E-state index contributed by atoms with van der Waals surface area (Å²) in [6.45, 7) is 3.47. The number of halogens is 1. The molecular formula is C9H12ClNOS. The third-order valence-electron chi connectivity index (χ3n) is 2.65. The Morgan fingerprint density at radius 1 is 1.62 bits per heavy atom. The predicted octanol–water partition coefficient (Wildman–Crippen LogP) is 2.02. The zero-order valence-electron chi connectivity index (χ0n) is 7.42. The first-order valence-corrected chi connectivity index (χ1v) is 5.44. The van der Waals surface area contributed by atoms with E-state index >= 15 is 0 Å². The Balaban J connectivity index is 2.31. The summed E-state index contributed by atoms with van der Waals surface area (Å²) in [6.07, 6.45) is 0. The van der Waals surface area contributed by atoms with Crippen molar-refractivity contribution in [3.05, 3.63) is 21.3 Å². The van der Waals surface area contributed by atoms with Gasteiger partial charge in [-0.3, -0.25) is 0 Å². The molecule has 1 aliphatic heterocycles. The van der Waals surface area contributed by atoms with Crippen LogP contribution in [0.2, 0.25) is 4.34 Å². The molecule has 1 aromatic rings. The number of hydrogen-bond acceptors (Lipinski definition) is 3. The van der Waals surface area contributed by atoms with Gasteiger partial charge in [-0.2, -0.15) is 0 Å². The molecule has 1 aliphatic rings. The minimum absolute atomic E-state index is 0.0256. The van der Waals surface area contributed by atoms with Crippen LogP contribution in [-0.2, 0) is 10.2 Å². The van der Waals surface area contributed by atoms with Gasteiger partial charge in [-0.1, -0.05) is 11.6 Å². The predicted molar refractivity (Wildman–Crippen MR) is 55.5 cm³/mol. The minimum atomic E-state index is 0.0256. The molecule has 1 fully saturated rings. The van der Waals surface area contributed by atoms with E-state index in [2.05, 4.69) is 6.07 Å². The van der Waals surface area contributed by atoms with Gasteiger partial charge in [0.25, 0.3) is 0 Å². The van der Waals surface area contributed by atoms with Crippen molar-refractivity contribution in [3.63, 3.8) is 0 Å². The molecule has 72 valence electrons. The Labute approximate surface area is 86.6 Å². The van der Waals surface area contributed by atoms with Crippen LogP contribution in [0.1, 0.15) is 11.8 Å². The smallest absolute Gasteiger partial charge is 0.0931 e. The molecule has 1 aromatic heterocycles. The molecule has 1 saturated heterocycles. The molecule has 1 atom stereocenters. The molecule has 4 heteroatoms. The first kappa shape index (κ1) is 9.46. The van der Waals surface area contributed by atoms with Crippen molar-refractivity contribution in [1.29, 1.82) is 0 Å². The lowest BCUT2D eigenvalue weighted by atomic mass is 9.78. The third-order valence-corrected chi connectivity index (χ3v) is 4.11. The van der Waals surface area contributed by atoms with Gasteiger partial charge in [-0.05, 0) is 19.1 Å². The van der Waals surface area contributed by atoms with Crippen LogP contribution in [0.4, 0.5) is 0 Å². The van der Waals surface area contributed by atoms with E-state index in [4.69, 9.17) is 22.1 Å². The van der Waals surface area contributed by atoms with Gasteiger partial charge < -0.3 is 10.5 Å². The summed E-state index contributed by atoms with van der Waals surface area (Å²) < 4.78 is 6.07. The lowest BCUT2D eigenvalue weighted by Crippen LogP contribution is -2.57. The van der Waals surface area contributed by atoms with Crippen molar-refractivity contribution in [3.8, 4) is 0 Å². The first-order chi connectivity index (χ1) is 6.15. The van der Waals surface area contributed by atoms with Crippen LogP contribution in [0, 0.1) is 0 Å². The number of hydrogen-bond donors (Lipinski definition) is 1. The lowest BCUT2D eigenvalue weighted by Gasteiger charge is -2.43. The van der Waals surface area contributed by atoms with Crippen molar-refractivity contribution in [1.82, 2.24) is 0 Å². The zero-order chi connectivity index (χ0) is 9.47. The second kappa shape index (κ2) is 3.24. The first-order valence-electron chi connectivity index (χ1n) is 4.24. The van der Waals surface area contributed by atoms with E-state index in [0.717, 1.165) is 17.6 Å². The fourth-order valence-electron chi connectivity index (χ4n) is 1.53. The molecule has 1 unspecified atom stereocenters. The number of rotatable bonds is 2. The monoisotopic (exact) mass is 217 g/mol. The molecule has 0 radical (unpaired) electrons. The Morgan fingerprint density at radius 2 is 2.31 bits per heavy atom. The standard InChI is InChI=1S/C9H12ClNOS/c1-6(11)9(4-12-5-9)7-2-3-8(10)13-7/h2-3,6H,4-5,11H2,1H3. The van der Waals surface area contributed by atoms with Crippen molar-refractivity contribution in [2.24, 2.45) is 5.73 Å². The zero-order valence-corrected chi connectivity index (χ0v) is 8.99. The van der Waals surface area contributed by atoms with Crippen LogP contribution in [0.5, 0.6) is 0 Å². The van der Waals surface area contributed by atoms with Crippen LogP contribution in [-0.4, -0.2) is 19.3 Å². The van der Waals surface area contributed by atoms with Gasteiger partial charge in [0.05, 0.1) is 23.0 Å². The number of thiophene rings is 1. The van der Waals surface area contributed by atoms with Crippen LogP contribution < -0.4 is 5.73 Å². The van der Waals surface area contributed by atoms with E-state index in [1.165, 1.54) is 4.88 Å². The van der Waals surface area contributed by atoms with Gasteiger partial charge >= 0.3 is 0 Å². The normalized spacial score (nSPS) is 22.4. The molecule has 0 bridgehead atoms. The van der Waals surface area contributed by atoms with Gasteiger partial charge in [0, 0.05) is 10.9 Å². The van der Waals surface area contributed by atoms with Crippen molar-refractivity contribution in [2.75, 3.05) is 13.2 Å². The van der Waals surface area contributed by atoms with E-state index in [0.29, 0.717) is 0 Å². The highest BCUT2D eigenvalue weighted by atomic mass is 35.5. The summed E-state index contributed by atoms with van der Waals surface area (Å²) in [5.41, 5.74) is 5.98. The van der Waals surface area contributed by atoms with E-state index in [-0.39, 0.29) is 11.5 Å². The van der Waals surface area contributed by atoms with Gasteiger partial charge in [0.2, 0.25) is 0 Å². The maximum absolute atomic E-state index is 5.96. The number of ether oxygens (including phenoxy) is 1. The Bertz CT molecular complexity index is 306. The van der Waals surface area contributed by atoms with Crippen LogP contribution in [0.3, 0.4) is 0 Å². The fourth-order valence-corrected chi connectivity index (χ4v) is 2.84. The quantitative estimate of drug-likeness (QED) is 0.823. The Hall–Kier alpha value is -0.0900. The molecule has 2 N–H and O–H groups in total. The topological polar surface area (TPSA) is 35.2 Å². The summed E-state index contributed by atoms with van der Waals surface area (Å²) in [5.74, 6) is 0. The molecule has 13 heavy (non-hydrogen) atoms. The van der Waals surface area contributed by atoms with E-state index in [1.54, 1.807) is 11.3 Å². The second-order valence-electron chi connectivity index (χ2n) is 3.54. The second-order valence-corrected chi connectivity index (χ2v) is 5.26. The van der Waals surface area contributed by atoms with Crippen molar-refractivity contribution < 1.29 is 4.74 Å². The molecule has 0 saturated carbocycles. The van der Waals surface area contributed by atoms with Gasteiger partial charge in [-0.25, -0.2) is 0 Å². The highest BCUT2D eigenvalue weighted by Gasteiger charge is 2.44. The SMILES string of the molecule is CC(N)C1(c2ccc(Cl)s2)COC1. The fraction of sp³-hybridized carbons (Fsp3) is 0.556. The Morgan fingerprint density at radius 3 is 2.62 bits per heavy atom. The summed E-state index contributed by atoms with van der Waals surface area (Å²) in [5, 5.41) is 0. The molecule has 0 amide bonds. The average Bonchev–Trinajstić information content (AvgIpc) is 2.32. The molecule has 0 spiro atoms. The summed E-state index contributed by atoms with van der Waals surface area (Å²) in [6, 6.07) is 4.10. The van der Waals surface area contributed by atoms with Crippen molar-refractivity contribution in [2.45, 2.75) is 18.4 Å². The minimum Gasteiger partial charge on any atom is -0.379 e. The summed E-state index contributed by atoms with van der Waals surface area (Å²) >= 11 is 7.49. The molecule has 2 nitrogen and oxygen atoms in total. The van der Waals surface area contributed by atoms with Crippen LogP contribution in [0.25, 0.3) is 0 Å². The summed E-state index contributed by atoms with van der Waals surface area (Å²) in [4.78, 5) is 1.25. The van der Waals surface area contributed by atoms with E-state index < -0.39 is 0 Å². The number of nitrogens with two attached hydrogens (primary N) is 1. The molecule has 0 aliphatic carbocycles. The molecule has 2 heterocycles. The van der Waals surface area contributed by atoms with E-state index in [1.807, 2.05) is 13.0 Å². The largest absolute Gasteiger partial charge is 0.379 e. The van der Waals surface area contributed by atoms with Crippen LogP contribution in [0.15, 0.2) is 12.1 Å². The van der Waals surface area contributed by atoms with E-state index in [9.17, 15) is 0 Å². The van der Waals surface area contributed by atoms with Crippen LogP contribution >= 0.6 is 22.9 Å². The van der Waals surface area contributed by atoms with Gasteiger partial charge in [0.1, 0.15) is 0 Å². The average molecular weight is 218 g/mol. The van der Waals surface area contributed by atoms with Crippen molar-refractivity contribution >= 4 is 22.9 Å². The third kappa shape index (κ3) is 1.40. The highest BCUT2D eigenvalue weighted by Crippen LogP contribution is 2.39. The Kier molecular flexibility index (Phi) is 2.36. The lowest BCUT2D eigenvalue weighted by molar-refractivity contribution is -0.0682. The maximum Gasteiger partial charge on any atom is 0.0931 e. The summed E-state index contributed by atoms with van der Waals surface area (Å²) in [7, 11) is 0. The molecule has 2 rings (SSSR count).